The van der Waals surface area contributed by atoms with Crippen LogP contribution in [0.1, 0.15) is 43.7 Å². The molecule has 1 saturated heterocycles. The van der Waals surface area contributed by atoms with E-state index in [0.29, 0.717) is 23.5 Å². The number of aromatic nitrogens is 3. The van der Waals surface area contributed by atoms with Crippen LogP contribution in [0.2, 0.25) is 0 Å². The molecule has 7 rings (SSSR count). The quantitative estimate of drug-likeness (QED) is 0.364. The first-order valence-electron chi connectivity index (χ1n) is 14.0. The van der Waals surface area contributed by atoms with Gasteiger partial charge in [-0.15, -0.1) is 0 Å². The summed E-state index contributed by atoms with van der Waals surface area (Å²) < 4.78 is 33.3. The highest BCUT2D eigenvalue weighted by Gasteiger charge is 2.29. The predicted octanol–water partition coefficient (Wildman–Crippen LogP) is 4.69. The van der Waals surface area contributed by atoms with E-state index in [-0.39, 0.29) is 18.0 Å². The van der Waals surface area contributed by atoms with Crippen LogP contribution in [-0.4, -0.2) is 60.3 Å². The lowest BCUT2D eigenvalue weighted by Crippen LogP contribution is -2.37. The summed E-state index contributed by atoms with van der Waals surface area (Å²) in [6.45, 7) is 4.14. The van der Waals surface area contributed by atoms with Gasteiger partial charge in [-0.05, 0) is 86.9 Å². The standard InChI is InChI=1S/C30H33N5O3S/c1-19-3-2-13-35(19)25-9-6-20-4-5-22(15-21(20)7-10-25)24-16-26-29(33-34-30(26)31-18-24)23-8-11-28-27(17-23)38-14-12-32-39(28,36)37/h4-5,8,11,15-19,25,32H,2-3,6-7,9-10,12-14H2,1H3,(H,31,33,34)/t19-,25?/m1/s1. The summed E-state index contributed by atoms with van der Waals surface area (Å²) in [6.07, 6.45) is 9.26. The number of likely N-dealkylation sites (tertiary alicyclic amines) is 1. The Morgan fingerprint density at radius 1 is 0.974 bits per heavy atom. The molecule has 4 heterocycles. The van der Waals surface area contributed by atoms with E-state index in [2.05, 4.69) is 56.0 Å². The van der Waals surface area contributed by atoms with Gasteiger partial charge in [0, 0.05) is 41.3 Å². The third-order valence-corrected chi connectivity index (χ3v) is 10.2. The number of sulfonamides is 1. The fraction of sp³-hybridized carbons (Fsp3) is 0.400. The van der Waals surface area contributed by atoms with E-state index in [9.17, 15) is 8.42 Å². The van der Waals surface area contributed by atoms with Crippen LogP contribution in [-0.2, 0) is 22.9 Å². The number of benzene rings is 2. The number of aryl methyl sites for hydroxylation is 2. The van der Waals surface area contributed by atoms with Crippen molar-refractivity contribution in [1.29, 1.82) is 0 Å². The van der Waals surface area contributed by atoms with Gasteiger partial charge in [-0.1, -0.05) is 24.3 Å². The van der Waals surface area contributed by atoms with E-state index < -0.39 is 10.0 Å². The van der Waals surface area contributed by atoms with Gasteiger partial charge in [0.15, 0.2) is 5.65 Å². The third-order valence-electron chi connectivity index (χ3n) is 8.68. The molecule has 0 spiro atoms. The number of ether oxygens (including phenoxy) is 1. The van der Waals surface area contributed by atoms with Crippen LogP contribution in [0.5, 0.6) is 5.75 Å². The second kappa shape index (κ2) is 9.73. The summed E-state index contributed by atoms with van der Waals surface area (Å²) in [7, 11) is -3.59. The van der Waals surface area contributed by atoms with Crippen LogP contribution in [0.4, 0.5) is 0 Å². The zero-order valence-corrected chi connectivity index (χ0v) is 22.9. The number of nitrogens with zero attached hydrogens (tertiary/aromatic N) is 3. The molecule has 2 aliphatic heterocycles. The van der Waals surface area contributed by atoms with Crippen LogP contribution in [0.15, 0.2) is 53.6 Å². The van der Waals surface area contributed by atoms with Crippen molar-refractivity contribution in [2.75, 3.05) is 19.7 Å². The molecule has 2 aromatic heterocycles. The van der Waals surface area contributed by atoms with Gasteiger partial charge in [0.05, 0.1) is 0 Å². The van der Waals surface area contributed by atoms with Gasteiger partial charge in [0.2, 0.25) is 10.0 Å². The van der Waals surface area contributed by atoms with Gasteiger partial charge < -0.3 is 4.74 Å². The van der Waals surface area contributed by atoms with Crippen molar-refractivity contribution >= 4 is 21.1 Å². The van der Waals surface area contributed by atoms with Crippen molar-refractivity contribution in [1.82, 2.24) is 24.8 Å². The molecule has 2 aromatic carbocycles. The van der Waals surface area contributed by atoms with Crippen LogP contribution in [0.3, 0.4) is 0 Å². The Bertz CT molecular complexity index is 1660. The minimum absolute atomic E-state index is 0.147. The van der Waals surface area contributed by atoms with Crippen molar-refractivity contribution in [3.05, 3.63) is 59.8 Å². The van der Waals surface area contributed by atoms with E-state index in [0.717, 1.165) is 40.6 Å². The number of hydrogen-bond acceptors (Lipinski definition) is 6. The number of rotatable bonds is 3. The Kier molecular flexibility index (Phi) is 6.17. The Hall–Kier alpha value is -3.27. The Balaban J connectivity index is 1.20. The number of hydrogen-bond donors (Lipinski definition) is 2. The molecule has 8 nitrogen and oxygen atoms in total. The number of aromatic amines is 1. The minimum atomic E-state index is -3.59. The zero-order valence-electron chi connectivity index (χ0n) is 22.1. The zero-order chi connectivity index (χ0) is 26.6. The molecular formula is C30H33N5O3S. The van der Waals surface area contributed by atoms with Crippen molar-refractivity contribution in [3.8, 4) is 28.1 Å². The SMILES string of the molecule is C[C@@H]1CCCN1C1CCc2ccc(-c3cnc4[nH]nc(-c5ccc6c(c5)OCCNS6(=O)=O)c4c3)cc2CC1. The lowest BCUT2D eigenvalue weighted by atomic mass is 9.96. The van der Waals surface area contributed by atoms with Gasteiger partial charge in [0.25, 0.3) is 0 Å². The molecule has 202 valence electrons. The van der Waals surface area contributed by atoms with Crippen LogP contribution in [0.25, 0.3) is 33.4 Å². The van der Waals surface area contributed by atoms with Gasteiger partial charge in [-0.3, -0.25) is 10.00 Å². The van der Waals surface area contributed by atoms with Gasteiger partial charge in [0.1, 0.15) is 22.9 Å². The first kappa shape index (κ1) is 24.7. The first-order valence-corrected chi connectivity index (χ1v) is 15.4. The highest BCUT2D eigenvalue weighted by molar-refractivity contribution is 7.89. The van der Waals surface area contributed by atoms with Crippen LogP contribution in [0, 0.1) is 0 Å². The molecule has 4 aromatic rings. The topological polar surface area (TPSA) is 100 Å². The maximum atomic E-state index is 12.5. The largest absolute Gasteiger partial charge is 0.491 e. The normalized spacial score (nSPS) is 23.0. The maximum Gasteiger partial charge on any atom is 0.244 e. The lowest BCUT2D eigenvalue weighted by molar-refractivity contribution is 0.174. The number of nitrogens with one attached hydrogen (secondary N) is 2. The Morgan fingerprint density at radius 2 is 1.82 bits per heavy atom. The number of fused-ring (bicyclic) bond motifs is 3. The lowest BCUT2D eigenvalue weighted by Gasteiger charge is -2.30. The van der Waals surface area contributed by atoms with E-state index in [1.807, 2.05) is 6.20 Å². The van der Waals surface area contributed by atoms with Gasteiger partial charge >= 0.3 is 0 Å². The number of pyridine rings is 1. The van der Waals surface area contributed by atoms with E-state index in [4.69, 9.17) is 4.74 Å². The summed E-state index contributed by atoms with van der Waals surface area (Å²) in [6, 6.07) is 15.5. The summed E-state index contributed by atoms with van der Waals surface area (Å²) in [5.74, 6) is 0.338. The first-order chi connectivity index (χ1) is 19.0. The summed E-state index contributed by atoms with van der Waals surface area (Å²) >= 11 is 0. The molecule has 2 atom stereocenters. The molecule has 0 amide bonds. The fourth-order valence-corrected chi connectivity index (χ4v) is 7.72. The average Bonchev–Trinajstić information content (AvgIpc) is 3.46. The van der Waals surface area contributed by atoms with Crippen molar-refractivity contribution in [2.24, 2.45) is 0 Å². The average molecular weight is 544 g/mol. The maximum absolute atomic E-state index is 12.5. The van der Waals surface area contributed by atoms with Gasteiger partial charge in [-0.25, -0.2) is 18.1 Å². The van der Waals surface area contributed by atoms with Crippen molar-refractivity contribution in [3.63, 3.8) is 0 Å². The van der Waals surface area contributed by atoms with Crippen molar-refractivity contribution in [2.45, 2.75) is 62.4 Å². The van der Waals surface area contributed by atoms with Crippen LogP contribution >= 0.6 is 0 Å². The molecule has 1 aliphatic carbocycles. The van der Waals surface area contributed by atoms with E-state index in [1.165, 1.54) is 43.4 Å². The minimum Gasteiger partial charge on any atom is -0.491 e. The van der Waals surface area contributed by atoms with Crippen LogP contribution < -0.4 is 9.46 Å². The molecule has 2 N–H and O–H groups in total. The second-order valence-electron chi connectivity index (χ2n) is 11.0. The molecule has 0 saturated carbocycles. The molecule has 1 fully saturated rings. The molecule has 3 aliphatic rings. The van der Waals surface area contributed by atoms with Gasteiger partial charge in [-0.2, -0.15) is 5.10 Å². The van der Waals surface area contributed by atoms with E-state index in [1.54, 1.807) is 18.2 Å². The highest BCUT2D eigenvalue weighted by atomic mass is 32.2. The summed E-state index contributed by atoms with van der Waals surface area (Å²) in [4.78, 5) is 7.56. The summed E-state index contributed by atoms with van der Waals surface area (Å²) in [5, 5.41) is 8.45. The third kappa shape index (κ3) is 4.52. The molecule has 39 heavy (non-hydrogen) atoms. The fourth-order valence-electron chi connectivity index (χ4n) is 6.59. The molecule has 0 bridgehead atoms. The Labute approximate surface area is 228 Å². The Morgan fingerprint density at radius 3 is 2.67 bits per heavy atom. The number of H-pyrrole nitrogens is 1. The van der Waals surface area contributed by atoms with E-state index >= 15 is 0 Å². The monoisotopic (exact) mass is 543 g/mol. The molecule has 0 radical (unpaired) electrons. The smallest absolute Gasteiger partial charge is 0.244 e. The highest BCUT2D eigenvalue weighted by Crippen LogP contribution is 2.36. The molecular weight excluding hydrogens is 510 g/mol. The predicted molar refractivity (Wildman–Crippen MR) is 151 cm³/mol. The molecule has 9 heteroatoms. The molecule has 1 unspecified atom stereocenters. The van der Waals surface area contributed by atoms with Crippen molar-refractivity contribution < 1.29 is 13.2 Å². The summed E-state index contributed by atoms with van der Waals surface area (Å²) in [5.41, 5.74) is 7.31. The second-order valence-corrected chi connectivity index (χ2v) is 12.8.